The van der Waals surface area contributed by atoms with E-state index in [0.717, 1.165) is 10.5 Å². The molecule has 0 spiro atoms. The highest BCUT2D eigenvalue weighted by molar-refractivity contribution is 9.10. The Morgan fingerprint density at radius 2 is 1.56 bits per heavy atom. The number of carbonyl (C=O) groups excluding carboxylic acids is 1. The van der Waals surface area contributed by atoms with Crippen molar-refractivity contribution in [3.05, 3.63) is 64.4 Å². The molecule has 25 heavy (non-hydrogen) atoms. The van der Waals surface area contributed by atoms with Gasteiger partial charge in [0, 0.05) is 36.2 Å². The van der Waals surface area contributed by atoms with E-state index in [0.29, 0.717) is 5.56 Å². The number of amides is 1. The minimum Gasteiger partial charge on any atom is -0.336 e. The largest absolute Gasteiger partial charge is 0.336 e. The summed E-state index contributed by atoms with van der Waals surface area (Å²) in [5.74, 6) is -0.911. The Balaban J connectivity index is 1.70. The molecule has 0 aromatic heterocycles. The highest BCUT2D eigenvalue weighted by Gasteiger charge is 2.31. The molecule has 1 heterocycles. The van der Waals surface area contributed by atoms with Crippen LogP contribution in [0, 0.1) is 5.82 Å². The van der Waals surface area contributed by atoms with Crippen LogP contribution in [-0.4, -0.2) is 49.7 Å². The first-order valence-electron chi connectivity index (χ1n) is 7.69. The first kappa shape index (κ1) is 18.0. The molecular formula is C17H16BrFN2O3S. The van der Waals surface area contributed by atoms with E-state index >= 15 is 0 Å². The lowest BCUT2D eigenvalue weighted by atomic mass is 10.2. The molecule has 0 bridgehead atoms. The Hall–Kier alpha value is -1.77. The van der Waals surface area contributed by atoms with E-state index in [-0.39, 0.29) is 37.0 Å². The van der Waals surface area contributed by atoms with E-state index in [2.05, 4.69) is 15.9 Å². The second-order valence-corrected chi connectivity index (χ2v) is 8.46. The van der Waals surface area contributed by atoms with Crippen LogP contribution in [0.1, 0.15) is 10.4 Å². The van der Waals surface area contributed by atoms with Crippen LogP contribution in [0.15, 0.2) is 57.9 Å². The van der Waals surface area contributed by atoms with Crippen molar-refractivity contribution in [1.29, 1.82) is 0 Å². The molecule has 5 nitrogen and oxygen atoms in total. The Morgan fingerprint density at radius 1 is 0.960 bits per heavy atom. The van der Waals surface area contributed by atoms with Crippen LogP contribution >= 0.6 is 15.9 Å². The number of benzene rings is 2. The smallest absolute Gasteiger partial charge is 0.253 e. The molecule has 132 valence electrons. The lowest BCUT2D eigenvalue weighted by Gasteiger charge is -2.34. The molecule has 0 unspecified atom stereocenters. The molecule has 0 atom stereocenters. The van der Waals surface area contributed by atoms with Crippen LogP contribution in [0.5, 0.6) is 0 Å². The van der Waals surface area contributed by atoms with Crippen molar-refractivity contribution in [2.45, 2.75) is 4.90 Å². The van der Waals surface area contributed by atoms with Gasteiger partial charge in [-0.25, -0.2) is 12.8 Å². The number of halogens is 2. The summed E-state index contributed by atoms with van der Waals surface area (Å²) >= 11 is 3.32. The molecule has 1 aliphatic rings. The Labute approximate surface area is 154 Å². The first-order valence-corrected chi connectivity index (χ1v) is 9.92. The standard InChI is InChI=1S/C17H16BrFN2O3S/c18-14-7-5-13(6-8-14)17(22)20-9-11-21(12-10-20)25(23,24)16-4-2-1-3-15(16)19/h1-8H,9-12H2. The van der Waals surface area contributed by atoms with Gasteiger partial charge in [0.1, 0.15) is 10.7 Å². The summed E-state index contributed by atoms with van der Waals surface area (Å²) < 4.78 is 41.1. The highest BCUT2D eigenvalue weighted by Crippen LogP contribution is 2.21. The average molecular weight is 427 g/mol. The molecule has 0 aliphatic carbocycles. The maximum Gasteiger partial charge on any atom is 0.253 e. The fourth-order valence-electron chi connectivity index (χ4n) is 2.70. The van der Waals surface area contributed by atoms with E-state index in [1.165, 1.54) is 22.5 Å². The molecule has 0 radical (unpaired) electrons. The highest BCUT2D eigenvalue weighted by atomic mass is 79.9. The number of hydrogen-bond donors (Lipinski definition) is 0. The first-order chi connectivity index (χ1) is 11.9. The molecule has 1 fully saturated rings. The zero-order valence-electron chi connectivity index (χ0n) is 13.2. The molecule has 0 N–H and O–H groups in total. The summed E-state index contributed by atoms with van der Waals surface area (Å²) in [5.41, 5.74) is 0.550. The van der Waals surface area contributed by atoms with E-state index in [9.17, 15) is 17.6 Å². The van der Waals surface area contributed by atoms with Crippen LogP contribution in [0.3, 0.4) is 0 Å². The third-order valence-electron chi connectivity index (χ3n) is 4.07. The van der Waals surface area contributed by atoms with Gasteiger partial charge in [-0.3, -0.25) is 4.79 Å². The van der Waals surface area contributed by atoms with E-state index in [1.807, 2.05) is 0 Å². The Kier molecular flexibility index (Phi) is 5.21. The molecule has 1 amide bonds. The Morgan fingerprint density at radius 3 is 2.16 bits per heavy atom. The minimum atomic E-state index is -3.90. The van der Waals surface area contributed by atoms with Crippen LogP contribution in [-0.2, 0) is 10.0 Å². The monoisotopic (exact) mass is 426 g/mol. The molecule has 8 heteroatoms. The zero-order valence-corrected chi connectivity index (χ0v) is 15.6. The maximum absolute atomic E-state index is 13.8. The molecule has 2 aromatic rings. The minimum absolute atomic E-state index is 0.138. The molecule has 1 saturated heterocycles. The number of rotatable bonds is 3. The van der Waals surface area contributed by atoms with E-state index < -0.39 is 15.8 Å². The fourth-order valence-corrected chi connectivity index (χ4v) is 4.45. The molecular weight excluding hydrogens is 411 g/mol. The van der Waals surface area contributed by atoms with Crippen molar-refractivity contribution < 1.29 is 17.6 Å². The average Bonchev–Trinajstić information content (AvgIpc) is 2.62. The summed E-state index contributed by atoms with van der Waals surface area (Å²) in [4.78, 5) is 13.8. The number of sulfonamides is 1. The molecule has 1 aliphatic heterocycles. The van der Waals surface area contributed by atoms with Crippen LogP contribution in [0.25, 0.3) is 0 Å². The summed E-state index contributed by atoms with van der Waals surface area (Å²) in [7, 11) is -3.90. The summed E-state index contributed by atoms with van der Waals surface area (Å²) in [5, 5.41) is 0. The van der Waals surface area contributed by atoms with Crippen molar-refractivity contribution in [3.63, 3.8) is 0 Å². The third-order valence-corrected chi connectivity index (χ3v) is 6.53. The SMILES string of the molecule is O=C(c1ccc(Br)cc1)N1CCN(S(=O)(=O)c2ccccc2F)CC1. The number of nitrogens with zero attached hydrogens (tertiary/aromatic N) is 2. The number of piperazine rings is 1. The van der Waals surface area contributed by atoms with Crippen molar-refractivity contribution in [3.8, 4) is 0 Å². The normalized spacial score (nSPS) is 16.0. The van der Waals surface area contributed by atoms with Crippen LogP contribution in [0.4, 0.5) is 4.39 Å². The van der Waals surface area contributed by atoms with Gasteiger partial charge in [-0.2, -0.15) is 4.31 Å². The molecule has 3 rings (SSSR count). The van der Waals surface area contributed by atoms with Gasteiger partial charge in [0.2, 0.25) is 10.0 Å². The quantitative estimate of drug-likeness (QED) is 0.757. The van der Waals surface area contributed by atoms with Gasteiger partial charge in [0.15, 0.2) is 0 Å². The van der Waals surface area contributed by atoms with Gasteiger partial charge in [0.25, 0.3) is 5.91 Å². The topological polar surface area (TPSA) is 57.7 Å². The molecule has 2 aromatic carbocycles. The van der Waals surface area contributed by atoms with Crippen molar-refractivity contribution in [2.24, 2.45) is 0 Å². The van der Waals surface area contributed by atoms with Crippen LogP contribution < -0.4 is 0 Å². The van der Waals surface area contributed by atoms with Gasteiger partial charge >= 0.3 is 0 Å². The van der Waals surface area contributed by atoms with Gasteiger partial charge in [-0.15, -0.1) is 0 Å². The second-order valence-electron chi connectivity index (χ2n) is 5.63. The Bertz CT molecular complexity index is 879. The van der Waals surface area contributed by atoms with Crippen molar-refractivity contribution >= 4 is 31.9 Å². The maximum atomic E-state index is 13.8. The number of carbonyl (C=O) groups is 1. The zero-order chi connectivity index (χ0) is 18.0. The third kappa shape index (κ3) is 3.75. The van der Waals surface area contributed by atoms with Gasteiger partial charge in [-0.1, -0.05) is 28.1 Å². The van der Waals surface area contributed by atoms with Crippen LogP contribution in [0.2, 0.25) is 0 Å². The summed E-state index contributed by atoms with van der Waals surface area (Å²) in [6.07, 6.45) is 0. The second kappa shape index (κ2) is 7.23. The predicted octanol–water partition coefficient (Wildman–Crippen LogP) is 2.73. The van der Waals surface area contributed by atoms with E-state index in [4.69, 9.17) is 0 Å². The number of hydrogen-bond acceptors (Lipinski definition) is 3. The van der Waals surface area contributed by atoms with Gasteiger partial charge < -0.3 is 4.90 Å². The lowest BCUT2D eigenvalue weighted by Crippen LogP contribution is -2.50. The lowest BCUT2D eigenvalue weighted by molar-refractivity contribution is 0.0697. The fraction of sp³-hybridized carbons (Fsp3) is 0.235. The predicted molar refractivity (Wildman–Crippen MR) is 95.2 cm³/mol. The summed E-state index contributed by atoms with van der Waals surface area (Å²) in [6.45, 7) is 0.809. The van der Waals surface area contributed by atoms with Gasteiger partial charge in [0.05, 0.1) is 0 Å². The molecule has 0 saturated carbocycles. The van der Waals surface area contributed by atoms with Gasteiger partial charge in [-0.05, 0) is 36.4 Å². The van der Waals surface area contributed by atoms with E-state index in [1.54, 1.807) is 29.2 Å². The van der Waals surface area contributed by atoms with Crippen molar-refractivity contribution in [1.82, 2.24) is 9.21 Å². The van der Waals surface area contributed by atoms with Crippen molar-refractivity contribution in [2.75, 3.05) is 26.2 Å². The summed E-state index contributed by atoms with van der Waals surface area (Å²) in [6, 6.07) is 12.3.